The minimum Gasteiger partial charge on any atom is -0.444 e. The number of benzene rings is 2. The van der Waals surface area contributed by atoms with E-state index in [1.165, 1.54) is 6.26 Å². The van der Waals surface area contributed by atoms with Crippen LogP contribution in [0, 0.1) is 6.92 Å². The lowest BCUT2D eigenvalue weighted by molar-refractivity contribution is 0.0186. The van der Waals surface area contributed by atoms with Crippen LogP contribution in [-0.4, -0.2) is 54.1 Å². The fraction of sp³-hybridized carbons (Fsp3) is 0.440. The number of nitrogens with zero attached hydrogens (tertiary/aromatic N) is 3. The molecule has 1 aromatic heterocycles. The van der Waals surface area contributed by atoms with Gasteiger partial charge in [-0.2, -0.15) is 5.10 Å². The van der Waals surface area contributed by atoms with Crippen LogP contribution in [0.3, 0.4) is 0 Å². The summed E-state index contributed by atoms with van der Waals surface area (Å²) in [6, 6.07) is 11.4. The summed E-state index contributed by atoms with van der Waals surface area (Å²) >= 11 is 0. The molecule has 0 saturated carbocycles. The van der Waals surface area contributed by atoms with Gasteiger partial charge in [-0.15, -0.1) is 0 Å². The molecule has 7 nitrogen and oxygen atoms in total. The molecule has 8 heteroatoms. The number of aryl methyl sites for hydroxylation is 1. The van der Waals surface area contributed by atoms with E-state index < -0.39 is 15.4 Å². The highest BCUT2D eigenvalue weighted by atomic mass is 32.2. The van der Waals surface area contributed by atoms with Crippen molar-refractivity contribution < 1.29 is 17.9 Å². The van der Waals surface area contributed by atoms with Crippen molar-refractivity contribution in [3.8, 4) is 11.1 Å². The highest BCUT2D eigenvalue weighted by Crippen LogP contribution is 2.33. The van der Waals surface area contributed by atoms with E-state index in [0.29, 0.717) is 18.0 Å². The third kappa shape index (κ3) is 4.90. The Hall–Kier alpha value is -2.87. The van der Waals surface area contributed by atoms with Crippen molar-refractivity contribution in [2.24, 2.45) is 0 Å². The Morgan fingerprint density at radius 2 is 1.70 bits per heavy atom. The lowest BCUT2D eigenvalue weighted by atomic mass is 9.97. The van der Waals surface area contributed by atoms with Gasteiger partial charge in [0.2, 0.25) is 0 Å². The van der Waals surface area contributed by atoms with Crippen molar-refractivity contribution in [2.45, 2.75) is 57.1 Å². The van der Waals surface area contributed by atoms with Crippen LogP contribution in [0.15, 0.2) is 47.5 Å². The number of carbonyl (C=O) groups excluding carboxylic acids is 1. The molecule has 0 atom stereocenters. The first kappa shape index (κ1) is 23.3. The molecule has 0 unspecified atom stereocenters. The SMILES string of the molecule is Cc1c(-c2ccc(S(C)(=O)=O)cc2)ccc2c1cnn2C1CCN(C(=O)OC(C)(C)C)CC1. The molecular formula is C25H31N3O4S. The van der Waals surface area contributed by atoms with Gasteiger partial charge in [0.25, 0.3) is 0 Å². The molecule has 1 aliphatic heterocycles. The zero-order valence-corrected chi connectivity index (χ0v) is 20.6. The molecule has 1 aliphatic rings. The Balaban J connectivity index is 1.54. The Labute approximate surface area is 195 Å². The number of ether oxygens (including phenoxy) is 1. The van der Waals surface area contributed by atoms with Gasteiger partial charge in [-0.3, -0.25) is 4.68 Å². The van der Waals surface area contributed by atoms with Crippen LogP contribution in [0.2, 0.25) is 0 Å². The molecule has 4 rings (SSSR count). The number of likely N-dealkylation sites (tertiary alicyclic amines) is 1. The summed E-state index contributed by atoms with van der Waals surface area (Å²) < 4.78 is 31.1. The average Bonchev–Trinajstić information content (AvgIpc) is 3.17. The molecular weight excluding hydrogens is 438 g/mol. The van der Waals surface area contributed by atoms with Gasteiger partial charge in [-0.05, 0) is 75.4 Å². The molecule has 2 heterocycles. The van der Waals surface area contributed by atoms with Crippen LogP contribution in [0.25, 0.3) is 22.0 Å². The molecule has 1 amide bonds. The highest BCUT2D eigenvalue weighted by Gasteiger charge is 2.28. The average molecular weight is 470 g/mol. The molecule has 3 aromatic rings. The summed E-state index contributed by atoms with van der Waals surface area (Å²) in [5.41, 5.74) is 3.71. The summed E-state index contributed by atoms with van der Waals surface area (Å²) in [4.78, 5) is 14.5. The molecule has 0 radical (unpaired) electrons. The molecule has 176 valence electrons. The van der Waals surface area contributed by atoms with Gasteiger partial charge in [0, 0.05) is 24.7 Å². The second-order valence-corrected chi connectivity index (χ2v) is 11.8. The van der Waals surface area contributed by atoms with Crippen molar-refractivity contribution >= 4 is 26.8 Å². The van der Waals surface area contributed by atoms with Gasteiger partial charge in [-0.25, -0.2) is 13.2 Å². The van der Waals surface area contributed by atoms with Crippen molar-refractivity contribution in [1.82, 2.24) is 14.7 Å². The Kier molecular flexibility index (Phi) is 5.99. The van der Waals surface area contributed by atoms with Gasteiger partial charge in [-0.1, -0.05) is 18.2 Å². The second-order valence-electron chi connectivity index (χ2n) is 9.76. The predicted molar refractivity (Wildman–Crippen MR) is 129 cm³/mol. The van der Waals surface area contributed by atoms with E-state index in [9.17, 15) is 13.2 Å². The van der Waals surface area contributed by atoms with Gasteiger partial charge >= 0.3 is 6.09 Å². The quantitative estimate of drug-likeness (QED) is 0.540. The fourth-order valence-corrected chi connectivity index (χ4v) is 4.99. The largest absolute Gasteiger partial charge is 0.444 e. The van der Waals surface area contributed by atoms with Crippen molar-refractivity contribution in [3.05, 3.63) is 48.2 Å². The highest BCUT2D eigenvalue weighted by molar-refractivity contribution is 7.90. The zero-order valence-electron chi connectivity index (χ0n) is 19.8. The third-order valence-corrected chi connectivity index (χ3v) is 7.23. The lowest BCUT2D eigenvalue weighted by Gasteiger charge is -2.33. The minimum atomic E-state index is -3.22. The first-order valence-electron chi connectivity index (χ1n) is 11.2. The number of rotatable bonds is 3. The topological polar surface area (TPSA) is 81.5 Å². The van der Waals surface area contributed by atoms with Gasteiger partial charge in [0.15, 0.2) is 9.84 Å². The standard InChI is InChI=1S/C25H31N3O4S/c1-17-21(18-6-8-20(9-7-18)33(5,30)31)10-11-23-22(17)16-26-28(23)19-12-14-27(15-13-19)24(29)32-25(2,3)4/h6-11,16,19H,12-15H2,1-5H3. The number of aromatic nitrogens is 2. The van der Waals surface area contributed by atoms with Crippen LogP contribution >= 0.6 is 0 Å². The maximum atomic E-state index is 12.4. The molecule has 1 saturated heterocycles. The molecule has 33 heavy (non-hydrogen) atoms. The maximum absolute atomic E-state index is 12.4. The van der Waals surface area contributed by atoms with Gasteiger partial charge in [0.1, 0.15) is 5.60 Å². The van der Waals surface area contributed by atoms with E-state index in [-0.39, 0.29) is 12.1 Å². The molecule has 0 spiro atoms. The van der Waals surface area contributed by atoms with E-state index >= 15 is 0 Å². The van der Waals surface area contributed by atoms with Gasteiger partial charge < -0.3 is 9.64 Å². The fourth-order valence-electron chi connectivity index (χ4n) is 4.36. The number of sulfone groups is 1. The summed E-state index contributed by atoms with van der Waals surface area (Å²) in [7, 11) is -3.22. The summed E-state index contributed by atoms with van der Waals surface area (Å²) in [6.45, 7) is 8.99. The van der Waals surface area contributed by atoms with E-state index in [1.54, 1.807) is 17.0 Å². The monoisotopic (exact) mass is 469 g/mol. The zero-order chi connectivity index (χ0) is 24.0. The second kappa shape index (κ2) is 8.48. The summed E-state index contributed by atoms with van der Waals surface area (Å²) in [6.07, 6.45) is 4.51. The van der Waals surface area contributed by atoms with Crippen LogP contribution in [-0.2, 0) is 14.6 Å². The smallest absolute Gasteiger partial charge is 0.410 e. The molecule has 0 bridgehead atoms. The van der Waals surface area contributed by atoms with Gasteiger partial charge in [0.05, 0.1) is 22.7 Å². The normalized spacial score (nSPS) is 15.7. The van der Waals surface area contributed by atoms with Crippen LogP contribution < -0.4 is 0 Å². The first-order chi connectivity index (χ1) is 15.4. The van der Waals surface area contributed by atoms with Crippen LogP contribution in [0.1, 0.15) is 45.2 Å². The number of piperidine rings is 1. The third-order valence-electron chi connectivity index (χ3n) is 6.11. The van der Waals surface area contributed by atoms with Crippen molar-refractivity contribution in [3.63, 3.8) is 0 Å². The van der Waals surface area contributed by atoms with Crippen LogP contribution in [0.4, 0.5) is 4.79 Å². The predicted octanol–water partition coefficient (Wildman–Crippen LogP) is 4.99. The molecule has 1 fully saturated rings. The minimum absolute atomic E-state index is 0.223. The van der Waals surface area contributed by atoms with E-state index in [1.807, 2.05) is 39.1 Å². The first-order valence-corrected chi connectivity index (χ1v) is 13.1. The van der Waals surface area contributed by atoms with E-state index in [2.05, 4.69) is 23.7 Å². The number of fused-ring (bicyclic) bond motifs is 1. The molecule has 0 aliphatic carbocycles. The summed E-state index contributed by atoms with van der Waals surface area (Å²) in [5, 5.41) is 5.77. The molecule has 0 N–H and O–H groups in total. The number of hydrogen-bond acceptors (Lipinski definition) is 5. The lowest BCUT2D eigenvalue weighted by Crippen LogP contribution is -2.42. The number of hydrogen-bond donors (Lipinski definition) is 0. The summed E-state index contributed by atoms with van der Waals surface area (Å²) in [5.74, 6) is 0. The maximum Gasteiger partial charge on any atom is 0.410 e. The molecule has 2 aromatic carbocycles. The Morgan fingerprint density at radius 1 is 1.06 bits per heavy atom. The van der Waals surface area contributed by atoms with Crippen molar-refractivity contribution in [2.75, 3.05) is 19.3 Å². The van der Waals surface area contributed by atoms with E-state index in [0.717, 1.165) is 40.4 Å². The Bertz CT molecular complexity index is 1280. The Morgan fingerprint density at radius 3 is 2.27 bits per heavy atom. The van der Waals surface area contributed by atoms with Crippen molar-refractivity contribution in [1.29, 1.82) is 0 Å². The number of amides is 1. The number of carbonyl (C=O) groups is 1. The van der Waals surface area contributed by atoms with E-state index in [4.69, 9.17) is 9.84 Å². The van der Waals surface area contributed by atoms with Crippen LogP contribution in [0.5, 0.6) is 0 Å².